The zero-order chi connectivity index (χ0) is 17.0. The lowest BCUT2D eigenvalue weighted by Gasteiger charge is -2.19. The molecule has 8 heteroatoms. The molecule has 0 aliphatic heterocycles. The number of rotatable bonds is 6. The highest BCUT2D eigenvalue weighted by atomic mass is 16.1. The first-order chi connectivity index (χ1) is 10.7. The Balaban J connectivity index is 2.16. The number of nitrogens with one attached hydrogen (secondary N) is 2. The van der Waals surface area contributed by atoms with Crippen LogP contribution in [0.5, 0.6) is 0 Å². The number of hydrogen-bond acceptors (Lipinski definition) is 6. The molecular weight excluding hydrogens is 294 g/mol. The molecule has 0 aliphatic rings. The summed E-state index contributed by atoms with van der Waals surface area (Å²) in [5, 5.41) is 10.3. The van der Waals surface area contributed by atoms with Crippen molar-refractivity contribution in [1.29, 1.82) is 0 Å². The van der Waals surface area contributed by atoms with Gasteiger partial charge in [0.15, 0.2) is 0 Å². The van der Waals surface area contributed by atoms with Crippen LogP contribution in [-0.2, 0) is 7.05 Å². The minimum absolute atomic E-state index is 0.184. The Hall–Kier alpha value is -2.64. The molecular formula is C15H23N7O. The van der Waals surface area contributed by atoms with E-state index in [1.54, 1.807) is 17.1 Å². The quantitative estimate of drug-likeness (QED) is 0.750. The van der Waals surface area contributed by atoms with Crippen molar-refractivity contribution in [3.05, 3.63) is 24.2 Å². The van der Waals surface area contributed by atoms with Gasteiger partial charge in [0.05, 0.1) is 17.4 Å². The maximum atomic E-state index is 11.5. The second kappa shape index (κ2) is 6.64. The monoisotopic (exact) mass is 317 g/mol. The molecule has 4 N–H and O–H groups in total. The SMILES string of the molecule is Cn1cc(Nc2ncc(C(N)=O)c(NCCC(C)(C)C)n2)cn1. The number of aromatic nitrogens is 4. The first-order valence-corrected chi connectivity index (χ1v) is 7.41. The van der Waals surface area contributed by atoms with E-state index < -0.39 is 5.91 Å². The standard InChI is InChI=1S/C15H23N7O/c1-15(2,3)5-6-17-13-11(12(16)23)8-18-14(21-13)20-10-7-19-22(4)9-10/h7-9H,5-6H2,1-4H3,(H2,16,23)(H2,17,18,20,21). The van der Waals surface area contributed by atoms with Crippen molar-refractivity contribution in [2.24, 2.45) is 18.2 Å². The Bertz CT molecular complexity index is 687. The predicted octanol–water partition coefficient (Wildman–Crippen LogP) is 1.90. The van der Waals surface area contributed by atoms with Crippen LogP contribution in [-0.4, -0.2) is 32.2 Å². The van der Waals surface area contributed by atoms with Crippen molar-refractivity contribution in [2.75, 3.05) is 17.2 Å². The van der Waals surface area contributed by atoms with Crippen molar-refractivity contribution in [3.8, 4) is 0 Å². The molecule has 0 atom stereocenters. The summed E-state index contributed by atoms with van der Waals surface area (Å²) in [6, 6.07) is 0. The maximum Gasteiger partial charge on any atom is 0.254 e. The summed E-state index contributed by atoms with van der Waals surface area (Å²) in [6.07, 6.45) is 5.82. The number of amides is 1. The number of carbonyl (C=O) groups is 1. The molecule has 0 radical (unpaired) electrons. The van der Waals surface area contributed by atoms with E-state index in [1.165, 1.54) is 6.20 Å². The lowest BCUT2D eigenvalue weighted by Crippen LogP contribution is -2.19. The van der Waals surface area contributed by atoms with Crippen LogP contribution in [0.2, 0.25) is 0 Å². The molecule has 2 rings (SSSR count). The fourth-order valence-electron chi connectivity index (χ4n) is 1.93. The van der Waals surface area contributed by atoms with Crippen LogP contribution in [0.15, 0.2) is 18.6 Å². The van der Waals surface area contributed by atoms with Gasteiger partial charge >= 0.3 is 0 Å². The van der Waals surface area contributed by atoms with Crippen LogP contribution in [0, 0.1) is 5.41 Å². The van der Waals surface area contributed by atoms with Crippen molar-refractivity contribution >= 4 is 23.4 Å². The van der Waals surface area contributed by atoms with Crippen molar-refractivity contribution in [2.45, 2.75) is 27.2 Å². The topological polar surface area (TPSA) is 111 Å². The second-order valence-electron chi connectivity index (χ2n) is 6.59. The number of nitrogens with zero attached hydrogens (tertiary/aromatic N) is 4. The molecule has 0 spiro atoms. The third-order valence-electron chi connectivity index (χ3n) is 3.18. The van der Waals surface area contributed by atoms with Gasteiger partial charge < -0.3 is 16.4 Å². The summed E-state index contributed by atoms with van der Waals surface area (Å²) >= 11 is 0. The molecule has 23 heavy (non-hydrogen) atoms. The maximum absolute atomic E-state index is 11.5. The van der Waals surface area contributed by atoms with Crippen LogP contribution in [0.1, 0.15) is 37.6 Å². The third-order valence-corrected chi connectivity index (χ3v) is 3.18. The Morgan fingerprint density at radius 3 is 2.65 bits per heavy atom. The molecule has 2 aromatic rings. The largest absolute Gasteiger partial charge is 0.369 e. The first kappa shape index (κ1) is 16.7. The molecule has 0 saturated heterocycles. The van der Waals surface area contributed by atoms with E-state index in [1.807, 2.05) is 7.05 Å². The lowest BCUT2D eigenvalue weighted by molar-refractivity contribution is 0.100. The summed E-state index contributed by atoms with van der Waals surface area (Å²) in [6.45, 7) is 7.14. The summed E-state index contributed by atoms with van der Waals surface area (Å²) in [7, 11) is 1.82. The third kappa shape index (κ3) is 4.94. The van der Waals surface area contributed by atoms with E-state index >= 15 is 0 Å². The average Bonchev–Trinajstić information content (AvgIpc) is 2.82. The molecule has 0 bridgehead atoms. The Kier molecular flexibility index (Phi) is 4.83. The number of primary amides is 1. The summed E-state index contributed by atoms with van der Waals surface area (Å²) in [5.41, 5.74) is 6.61. The molecule has 2 aromatic heterocycles. The number of nitrogens with two attached hydrogens (primary N) is 1. The lowest BCUT2D eigenvalue weighted by atomic mass is 9.92. The normalized spacial score (nSPS) is 11.3. The summed E-state index contributed by atoms with van der Waals surface area (Å²) < 4.78 is 1.67. The predicted molar refractivity (Wildman–Crippen MR) is 89.6 cm³/mol. The first-order valence-electron chi connectivity index (χ1n) is 7.41. The molecule has 0 fully saturated rings. The average molecular weight is 317 g/mol. The van der Waals surface area contributed by atoms with Gasteiger partial charge in [0.25, 0.3) is 5.91 Å². The number of anilines is 3. The Labute approximate surface area is 135 Å². The van der Waals surface area contributed by atoms with Gasteiger partial charge in [-0.3, -0.25) is 9.48 Å². The van der Waals surface area contributed by atoms with Gasteiger partial charge in [-0.05, 0) is 11.8 Å². The van der Waals surface area contributed by atoms with E-state index in [9.17, 15) is 4.79 Å². The van der Waals surface area contributed by atoms with Crippen LogP contribution in [0.25, 0.3) is 0 Å². The van der Waals surface area contributed by atoms with Gasteiger partial charge in [-0.1, -0.05) is 20.8 Å². The number of aryl methyl sites for hydroxylation is 1. The second-order valence-corrected chi connectivity index (χ2v) is 6.59. The highest BCUT2D eigenvalue weighted by molar-refractivity contribution is 5.97. The molecule has 2 heterocycles. The van der Waals surface area contributed by atoms with Gasteiger partial charge in [-0.15, -0.1) is 0 Å². The van der Waals surface area contributed by atoms with Crippen LogP contribution >= 0.6 is 0 Å². The van der Waals surface area contributed by atoms with Gasteiger partial charge in [-0.2, -0.15) is 10.1 Å². The van der Waals surface area contributed by atoms with E-state index in [0.717, 1.165) is 12.1 Å². The molecule has 1 amide bonds. The molecule has 0 unspecified atom stereocenters. The van der Waals surface area contributed by atoms with Crippen LogP contribution in [0.4, 0.5) is 17.5 Å². The van der Waals surface area contributed by atoms with Crippen LogP contribution in [0.3, 0.4) is 0 Å². The van der Waals surface area contributed by atoms with Crippen LogP contribution < -0.4 is 16.4 Å². The summed E-state index contributed by atoms with van der Waals surface area (Å²) in [5.74, 6) is 0.251. The van der Waals surface area contributed by atoms with Gasteiger partial charge in [-0.25, -0.2) is 4.98 Å². The number of hydrogen-bond donors (Lipinski definition) is 3. The van der Waals surface area contributed by atoms with E-state index in [2.05, 4.69) is 46.5 Å². The molecule has 8 nitrogen and oxygen atoms in total. The molecule has 0 aliphatic carbocycles. The molecule has 124 valence electrons. The van der Waals surface area contributed by atoms with Crippen molar-refractivity contribution < 1.29 is 4.79 Å². The van der Waals surface area contributed by atoms with Gasteiger partial charge in [0, 0.05) is 26.0 Å². The minimum Gasteiger partial charge on any atom is -0.369 e. The molecule has 0 saturated carbocycles. The fourth-order valence-corrected chi connectivity index (χ4v) is 1.93. The highest BCUT2D eigenvalue weighted by Gasteiger charge is 2.14. The smallest absolute Gasteiger partial charge is 0.254 e. The minimum atomic E-state index is -0.559. The van der Waals surface area contributed by atoms with Crippen molar-refractivity contribution in [1.82, 2.24) is 19.7 Å². The fraction of sp³-hybridized carbons (Fsp3) is 0.467. The van der Waals surface area contributed by atoms with Crippen molar-refractivity contribution in [3.63, 3.8) is 0 Å². The Morgan fingerprint density at radius 1 is 1.35 bits per heavy atom. The number of carbonyl (C=O) groups excluding carboxylic acids is 1. The van der Waals surface area contributed by atoms with Gasteiger partial charge in [0.2, 0.25) is 5.95 Å². The van der Waals surface area contributed by atoms with Gasteiger partial charge in [0.1, 0.15) is 5.82 Å². The highest BCUT2D eigenvalue weighted by Crippen LogP contribution is 2.20. The zero-order valence-corrected chi connectivity index (χ0v) is 13.9. The zero-order valence-electron chi connectivity index (χ0n) is 13.9. The summed E-state index contributed by atoms with van der Waals surface area (Å²) in [4.78, 5) is 20.0. The molecule has 0 aromatic carbocycles. The van der Waals surface area contributed by atoms with E-state index in [0.29, 0.717) is 18.3 Å². The van der Waals surface area contributed by atoms with E-state index in [4.69, 9.17) is 5.73 Å². The van der Waals surface area contributed by atoms with E-state index in [-0.39, 0.29) is 11.0 Å². The Morgan fingerprint density at radius 2 is 2.09 bits per heavy atom.